The van der Waals surface area contributed by atoms with Crippen molar-refractivity contribution in [3.8, 4) is 0 Å². The minimum Gasteiger partial charge on any atom is -0.327 e. The van der Waals surface area contributed by atoms with E-state index < -0.39 is 22.3 Å². The van der Waals surface area contributed by atoms with E-state index in [2.05, 4.69) is 5.32 Å². The first-order valence-corrected chi connectivity index (χ1v) is 5.93. The van der Waals surface area contributed by atoms with Gasteiger partial charge in [-0.1, -0.05) is 13.3 Å². The number of anilines is 1. The number of nitrogens with one attached hydrogen (secondary N) is 1. The normalized spacial score (nSPS) is 11.9. The van der Waals surface area contributed by atoms with Crippen LogP contribution in [0.4, 0.5) is 15.8 Å². The molecule has 0 radical (unpaired) electrons. The van der Waals surface area contributed by atoms with E-state index in [1.165, 1.54) is 0 Å². The summed E-state index contributed by atoms with van der Waals surface area (Å²) in [6.07, 6.45) is 1.62. The third-order valence-electron chi connectivity index (χ3n) is 2.54. The highest BCUT2D eigenvalue weighted by atomic mass is 19.1. The summed E-state index contributed by atoms with van der Waals surface area (Å²) in [5, 5.41) is 13.1. The van der Waals surface area contributed by atoms with E-state index in [-0.39, 0.29) is 18.2 Å². The molecule has 3 N–H and O–H groups in total. The van der Waals surface area contributed by atoms with Gasteiger partial charge in [-0.05, 0) is 18.6 Å². The Hall–Kier alpha value is -2.02. The molecule has 1 amide bonds. The maximum atomic E-state index is 12.9. The molecule has 0 aromatic heterocycles. The van der Waals surface area contributed by atoms with Crippen LogP contribution >= 0.6 is 0 Å². The number of hydrogen-bond acceptors (Lipinski definition) is 4. The number of carbonyl (C=O) groups is 1. The second-order valence-corrected chi connectivity index (χ2v) is 4.22. The summed E-state index contributed by atoms with van der Waals surface area (Å²) >= 11 is 0. The molecular weight excluding hydrogens is 253 g/mol. The summed E-state index contributed by atoms with van der Waals surface area (Å²) in [7, 11) is 0. The van der Waals surface area contributed by atoms with Gasteiger partial charge < -0.3 is 11.1 Å². The van der Waals surface area contributed by atoms with Crippen molar-refractivity contribution in [2.24, 2.45) is 5.73 Å². The molecule has 0 aliphatic carbocycles. The fraction of sp³-hybridized carbons (Fsp3) is 0.417. The SMILES string of the molecule is CCCC(N)CC(=O)Nc1ccc(F)cc1[N+](=O)[O-]. The number of nitro benzene ring substituents is 1. The molecule has 104 valence electrons. The lowest BCUT2D eigenvalue weighted by molar-refractivity contribution is -0.384. The number of carbonyl (C=O) groups excluding carboxylic acids is 1. The first-order chi connectivity index (χ1) is 8.93. The van der Waals surface area contributed by atoms with E-state index in [4.69, 9.17) is 5.73 Å². The molecule has 0 spiro atoms. The Morgan fingerprint density at radius 1 is 1.58 bits per heavy atom. The van der Waals surface area contributed by atoms with Gasteiger partial charge in [-0.2, -0.15) is 0 Å². The first kappa shape index (κ1) is 15.0. The molecule has 1 aromatic carbocycles. The maximum absolute atomic E-state index is 12.9. The Labute approximate surface area is 109 Å². The highest BCUT2D eigenvalue weighted by Gasteiger charge is 2.17. The summed E-state index contributed by atoms with van der Waals surface area (Å²) < 4.78 is 12.9. The molecule has 0 saturated carbocycles. The van der Waals surface area contributed by atoms with Gasteiger partial charge in [0.1, 0.15) is 11.5 Å². The average molecular weight is 269 g/mol. The maximum Gasteiger partial charge on any atom is 0.295 e. The molecule has 6 nitrogen and oxygen atoms in total. The Morgan fingerprint density at radius 3 is 2.84 bits per heavy atom. The number of nitrogens with two attached hydrogens (primary N) is 1. The minimum atomic E-state index is -0.745. The second kappa shape index (κ2) is 6.79. The summed E-state index contributed by atoms with van der Waals surface area (Å²) in [6.45, 7) is 1.95. The zero-order valence-electron chi connectivity index (χ0n) is 10.6. The summed E-state index contributed by atoms with van der Waals surface area (Å²) in [6, 6.07) is 2.69. The number of benzene rings is 1. The van der Waals surface area contributed by atoms with Crippen LogP contribution < -0.4 is 11.1 Å². The number of rotatable bonds is 6. The summed E-state index contributed by atoms with van der Waals surface area (Å²) in [4.78, 5) is 21.6. The van der Waals surface area contributed by atoms with Crippen LogP contribution in [-0.2, 0) is 4.79 Å². The van der Waals surface area contributed by atoms with Crippen LogP contribution in [0.25, 0.3) is 0 Å². The molecule has 19 heavy (non-hydrogen) atoms. The molecule has 1 unspecified atom stereocenters. The number of nitrogens with zero attached hydrogens (tertiary/aromatic N) is 1. The van der Waals surface area contributed by atoms with Crippen LogP contribution in [-0.4, -0.2) is 16.9 Å². The Morgan fingerprint density at radius 2 is 2.26 bits per heavy atom. The molecule has 0 bridgehead atoms. The van der Waals surface area contributed by atoms with E-state index in [1.54, 1.807) is 0 Å². The zero-order valence-corrected chi connectivity index (χ0v) is 10.6. The molecule has 1 rings (SSSR count). The molecule has 0 saturated heterocycles. The van der Waals surface area contributed by atoms with Crippen LogP contribution in [0.3, 0.4) is 0 Å². The Kier molecular flexibility index (Phi) is 5.37. The first-order valence-electron chi connectivity index (χ1n) is 5.93. The molecule has 7 heteroatoms. The van der Waals surface area contributed by atoms with Crippen LogP contribution in [0, 0.1) is 15.9 Å². The minimum absolute atomic E-state index is 0.0277. The number of amides is 1. The Balaban J connectivity index is 2.76. The lowest BCUT2D eigenvalue weighted by atomic mass is 10.1. The fourth-order valence-electron chi connectivity index (χ4n) is 1.67. The van der Waals surface area contributed by atoms with E-state index in [0.29, 0.717) is 6.42 Å². The van der Waals surface area contributed by atoms with Crippen molar-refractivity contribution in [2.45, 2.75) is 32.2 Å². The van der Waals surface area contributed by atoms with Crippen molar-refractivity contribution in [1.29, 1.82) is 0 Å². The second-order valence-electron chi connectivity index (χ2n) is 4.22. The molecule has 0 aliphatic heterocycles. The van der Waals surface area contributed by atoms with Crippen molar-refractivity contribution in [2.75, 3.05) is 5.32 Å². The number of halogens is 1. The molecule has 0 aliphatic rings. The molecule has 0 heterocycles. The fourth-order valence-corrected chi connectivity index (χ4v) is 1.67. The highest BCUT2D eigenvalue weighted by molar-refractivity contribution is 5.93. The van der Waals surface area contributed by atoms with E-state index in [9.17, 15) is 19.3 Å². The quantitative estimate of drug-likeness (QED) is 0.610. The third kappa shape index (κ3) is 4.63. The van der Waals surface area contributed by atoms with Gasteiger partial charge in [0.2, 0.25) is 5.91 Å². The van der Waals surface area contributed by atoms with Gasteiger partial charge in [0.15, 0.2) is 0 Å². The largest absolute Gasteiger partial charge is 0.327 e. The number of hydrogen-bond donors (Lipinski definition) is 2. The van der Waals surface area contributed by atoms with Gasteiger partial charge in [-0.3, -0.25) is 14.9 Å². The van der Waals surface area contributed by atoms with Crippen molar-refractivity contribution in [1.82, 2.24) is 0 Å². The smallest absolute Gasteiger partial charge is 0.295 e. The van der Waals surface area contributed by atoms with Crippen LogP contribution in [0.1, 0.15) is 26.2 Å². The predicted octanol–water partition coefficient (Wildman–Crippen LogP) is 2.19. The van der Waals surface area contributed by atoms with Gasteiger partial charge in [-0.25, -0.2) is 4.39 Å². The van der Waals surface area contributed by atoms with Gasteiger partial charge in [-0.15, -0.1) is 0 Å². The average Bonchev–Trinajstić information content (AvgIpc) is 2.31. The summed E-state index contributed by atoms with van der Waals surface area (Å²) in [5.41, 5.74) is 5.20. The van der Waals surface area contributed by atoms with Crippen LogP contribution in [0.2, 0.25) is 0 Å². The lowest BCUT2D eigenvalue weighted by Gasteiger charge is -2.10. The van der Waals surface area contributed by atoms with Gasteiger partial charge in [0.25, 0.3) is 5.69 Å². The van der Waals surface area contributed by atoms with Gasteiger partial charge in [0, 0.05) is 12.5 Å². The van der Waals surface area contributed by atoms with E-state index >= 15 is 0 Å². The van der Waals surface area contributed by atoms with Gasteiger partial charge in [0.05, 0.1) is 11.0 Å². The molecule has 0 fully saturated rings. The summed E-state index contributed by atoms with van der Waals surface area (Å²) in [5.74, 6) is -1.15. The molecular formula is C12H16FN3O3. The monoisotopic (exact) mass is 269 g/mol. The third-order valence-corrected chi connectivity index (χ3v) is 2.54. The van der Waals surface area contributed by atoms with E-state index in [1.807, 2.05) is 6.92 Å². The predicted molar refractivity (Wildman–Crippen MR) is 69.2 cm³/mol. The van der Waals surface area contributed by atoms with E-state index in [0.717, 1.165) is 24.6 Å². The van der Waals surface area contributed by atoms with Gasteiger partial charge >= 0.3 is 0 Å². The topological polar surface area (TPSA) is 98.3 Å². The Bertz CT molecular complexity index is 479. The zero-order chi connectivity index (χ0) is 14.4. The number of nitro groups is 1. The highest BCUT2D eigenvalue weighted by Crippen LogP contribution is 2.25. The standard InChI is InChI=1S/C12H16FN3O3/c1-2-3-9(14)7-12(17)15-10-5-4-8(13)6-11(10)16(18)19/h4-6,9H,2-3,7,14H2,1H3,(H,15,17). The van der Waals surface area contributed by atoms with Crippen molar-refractivity contribution in [3.63, 3.8) is 0 Å². The van der Waals surface area contributed by atoms with Crippen LogP contribution in [0.5, 0.6) is 0 Å². The van der Waals surface area contributed by atoms with Crippen LogP contribution in [0.15, 0.2) is 18.2 Å². The molecule has 1 aromatic rings. The van der Waals surface area contributed by atoms with Crippen molar-refractivity contribution >= 4 is 17.3 Å². The lowest BCUT2D eigenvalue weighted by Crippen LogP contribution is -2.27. The van der Waals surface area contributed by atoms with Crippen molar-refractivity contribution in [3.05, 3.63) is 34.1 Å². The van der Waals surface area contributed by atoms with Crippen molar-refractivity contribution < 1.29 is 14.1 Å². The molecule has 1 atom stereocenters.